The highest BCUT2D eigenvalue weighted by Crippen LogP contribution is 2.38. The molecule has 0 N–H and O–H groups in total. The molecule has 8 nitrogen and oxygen atoms in total. The van der Waals surface area contributed by atoms with Crippen molar-refractivity contribution in [1.29, 1.82) is 0 Å². The van der Waals surface area contributed by atoms with Crippen LogP contribution in [0.2, 0.25) is 0 Å². The molecule has 8 heteroatoms. The summed E-state index contributed by atoms with van der Waals surface area (Å²) in [5.74, 6) is 1.17. The second kappa shape index (κ2) is 10.7. The fraction of sp³-hybridized carbons (Fsp3) is 0.276. The number of benzene rings is 3. The average molecular weight is 503 g/mol. The van der Waals surface area contributed by atoms with Gasteiger partial charge in [-0.1, -0.05) is 50.2 Å². The molecular weight excluding hydrogens is 472 g/mol. The molecule has 4 rings (SSSR count). The third kappa shape index (κ3) is 5.00. The second-order valence-electron chi connectivity index (χ2n) is 9.02. The van der Waals surface area contributed by atoms with Crippen molar-refractivity contribution in [3.05, 3.63) is 92.6 Å². The molecule has 0 unspecified atom stereocenters. The van der Waals surface area contributed by atoms with Crippen molar-refractivity contribution in [2.75, 3.05) is 21.3 Å². The third-order valence-corrected chi connectivity index (χ3v) is 6.34. The maximum atomic E-state index is 13.7. The van der Waals surface area contributed by atoms with E-state index in [0.29, 0.717) is 34.1 Å². The van der Waals surface area contributed by atoms with Gasteiger partial charge in [0.25, 0.3) is 5.56 Å². The predicted octanol–water partition coefficient (Wildman–Crippen LogP) is 4.11. The van der Waals surface area contributed by atoms with E-state index in [4.69, 9.17) is 14.2 Å². The fourth-order valence-electron chi connectivity index (χ4n) is 4.38. The van der Waals surface area contributed by atoms with Crippen molar-refractivity contribution in [3.8, 4) is 22.9 Å². The van der Waals surface area contributed by atoms with Crippen molar-refractivity contribution in [1.82, 2.24) is 9.13 Å². The normalized spacial score (nSPS) is 11.1. The van der Waals surface area contributed by atoms with E-state index < -0.39 is 11.2 Å². The lowest BCUT2D eigenvalue weighted by molar-refractivity contribution is -0.119. The lowest BCUT2D eigenvalue weighted by atomic mass is 10.00. The van der Waals surface area contributed by atoms with Gasteiger partial charge in [0, 0.05) is 18.6 Å². The third-order valence-electron chi connectivity index (χ3n) is 6.34. The van der Waals surface area contributed by atoms with Gasteiger partial charge in [-0.2, -0.15) is 0 Å². The molecular formula is C29H30N2O6. The molecule has 1 heterocycles. The first-order valence-electron chi connectivity index (χ1n) is 11.9. The number of ketones is 1. The highest BCUT2D eigenvalue weighted by Gasteiger charge is 2.20. The number of rotatable bonds is 9. The van der Waals surface area contributed by atoms with Crippen LogP contribution in [0.15, 0.2) is 70.3 Å². The number of carbonyl (C=O) groups excluding carboxylic acids is 1. The number of nitrogens with zero attached hydrogens (tertiary/aromatic N) is 2. The predicted molar refractivity (Wildman–Crippen MR) is 143 cm³/mol. The van der Waals surface area contributed by atoms with E-state index in [-0.39, 0.29) is 24.4 Å². The fourth-order valence-corrected chi connectivity index (χ4v) is 4.38. The molecule has 1 aromatic heterocycles. The smallest absolute Gasteiger partial charge is 0.336 e. The summed E-state index contributed by atoms with van der Waals surface area (Å²) in [5, 5.41) is 0.310. The Bertz CT molecular complexity index is 1540. The molecule has 0 radical (unpaired) electrons. The topological polar surface area (TPSA) is 88.8 Å². The minimum Gasteiger partial charge on any atom is -0.493 e. The Labute approximate surface area is 214 Å². The van der Waals surface area contributed by atoms with Gasteiger partial charge in [0.2, 0.25) is 5.75 Å². The number of para-hydroxylation sites is 1. The van der Waals surface area contributed by atoms with Crippen LogP contribution in [0.25, 0.3) is 16.6 Å². The summed E-state index contributed by atoms with van der Waals surface area (Å²) in [7, 11) is 4.38. The summed E-state index contributed by atoms with van der Waals surface area (Å²) < 4.78 is 18.5. The number of Topliss-reactive ketones (excluding diaryl/α,β-unsaturated/α-hetero) is 1. The lowest BCUT2D eigenvalue weighted by Crippen LogP contribution is -2.40. The first kappa shape index (κ1) is 25.8. The highest BCUT2D eigenvalue weighted by atomic mass is 16.5. The maximum absolute atomic E-state index is 13.7. The molecule has 0 atom stereocenters. The minimum absolute atomic E-state index is 0.153. The summed E-state index contributed by atoms with van der Waals surface area (Å²) in [6.07, 6.45) is 0.169. The van der Waals surface area contributed by atoms with Crippen LogP contribution >= 0.6 is 0 Å². The summed E-state index contributed by atoms with van der Waals surface area (Å²) in [6.45, 7) is 4.04. The van der Waals surface area contributed by atoms with Gasteiger partial charge in [-0.3, -0.25) is 14.2 Å². The van der Waals surface area contributed by atoms with Crippen molar-refractivity contribution in [2.45, 2.75) is 32.7 Å². The van der Waals surface area contributed by atoms with Crippen molar-refractivity contribution < 1.29 is 19.0 Å². The summed E-state index contributed by atoms with van der Waals surface area (Å²) in [6, 6.07) is 17.7. The summed E-state index contributed by atoms with van der Waals surface area (Å²) in [4.78, 5) is 40.3. The Morgan fingerprint density at radius 2 is 1.49 bits per heavy atom. The van der Waals surface area contributed by atoms with Crippen LogP contribution < -0.4 is 25.5 Å². The van der Waals surface area contributed by atoms with Gasteiger partial charge in [-0.05, 0) is 29.2 Å². The number of fused-ring (bicyclic) bond motifs is 1. The molecule has 0 saturated carbocycles. The summed E-state index contributed by atoms with van der Waals surface area (Å²) in [5.41, 5.74) is 1.54. The monoisotopic (exact) mass is 502 g/mol. The molecule has 192 valence electrons. The van der Waals surface area contributed by atoms with Gasteiger partial charge < -0.3 is 14.2 Å². The van der Waals surface area contributed by atoms with Crippen LogP contribution in [0.1, 0.15) is 30.9 Å². The maximum Gasteiger partial charge on any atom is 0.336 e. The van der Waals surface area contributed by atoms with Crippen molar-refractivity contribution >= 4 is 16.7 Å². The molecule has 0 bridgehead atoms. The van der Waals surface area contributed by atoms with Gasteiger partial charge >= 0.3 is 5.69 Å². The molecule has 0 amide bonds. The van der Waals surface area contributed by atoms with Gasteiger partial charge in [0.1, 0.15) is 0 Å². The minimum atomic E-state index is -0.638. The zero-order valence-corrected chi connectivity index (χ0v) is 21.6. The van der Waals surface area contributed by atoms with Gasteiger partial charge in [0.05, 0.1) is 44.5 Å². The Kier molecular flexibility index (Phi) is 7.47. The van der Waals surface area contributed by atoms with E-state index >= 15 is 0 Å². The van der Waals surface area contributed by atoms with Crippen LogP contribution in [-0.2, 0) is 17.8 Å². The standard InChI is InChI=1S/C29H30N2O6/c1-18(2)20-12-10-19(11-13-20)14-22(32)17-30-24-9-7-6-8-23(24)28(33)31(29(30)34)21-15-25(35-3)27(37-5)26(16-21)36-4/h6-13,15-16,18H,14,17H2,1-5H3. The van der Waals surface area contributed by atoms with Crippen molar-refractivity contribution in [2.24, 2.45) is 0 Å². The number of ether oxygens (including phenoxy) is 3. The van der Waals surface area contributed by atoms with Crippen LogP contribution in [0, 0.1) is 0 Å². The largest absolute Gasteiger partial charge is 0.493 e. The molecule has 0 aliphatic rings. The Hall–Kier alpha value is -4.33. The van der Waals surface area contributed by atoms with Crippen LogP contribution in [0.3, 0.4) is 0 Å². The molecule has 0 spiro atoms. The molecule has 3 aromatic carbocycles. The number of hydrogen-bond acceptors (Lipinski definition) is 6. The van der Waals surface area contributed by atoms with E-state index in [1.807, 2.05) is 24.3 Å². The zero-order valence-electron chi connectivity index (χ0n) is 21.6. The SMILES string of the molecule is COc1cc(-n2c(=O)c3ccccc3n(CC(=O)Cc3ccc(C(C)C)cc3)c2=O)cc(OC)c1OC. The van der Waals surface area contributed by atoms with Gasteiger partial charge in [0.15, 0.2) is 17.3 Å². The molecule has 0 fully saturated rings. The van der Waals surface area contributed by atoms with E-state index in [9.17, 15) is 14.4 Å². The van der Waals surface area contributed by atoms with Crippen LogP contribution in [0.5, 0.6) is 17.2 Å². The highest BCUT2D eigenvalue weighted by molar-refractivity contribution is 5.84. The molecule has 0 aliphatic carbocycles. The number of hydrogen-bond donors (Lipinski definition) is 0. The average Bonchev–Trinajstić information content (AvgIpc) is 2.90. The lowest BCUT2D eigenvalue weighted by Gasteiger charge is -2.17. The molecule has 0 saturated heterocycles. The number of aromatic nitrogens is 2. The van der Waals surface area contributed by atoms with E-state index in [0.717, 1.165) is 10.1 Å². The van der Waals surface area contributed by atoms with Gasteiger partial charge in [-0.15, -0.1) is 0 Å². The van der Waals surface area contributed by atoms with E-state index in [1.165, 1.54) is 43.6 Å². The zero-order chi connectivity index (χ0) is 26.7. The quantitative estimate of drug-likeness (QED) is 0.342. The van der Waals surface area contributed by atoms with Crippen LogP contribution in [0.4, 0.5) is 0 Å². The van der Waals surface area contributed by atoms with Crippen LogP contribution in [-0.4, -0.2) is 36.2 Å². The van der Waals surface area contributed by atoms with E-state index in [2.05, 4.69) is 13.8 Å². The Morgan fingerprint density at radius 3 is 2.05 bits per heavy atom. The first-order chi connectivity index (χ1) is 17.8. The van der Waals surface area contributed by atoms with Crippen molar-refractivity contribution in [3.63, 3.8) is 0 Å². The second-order valence-corrected chi connectivity index (χ2v) is 9.02. The number of carbonyl (C=O) groups is 1. The Balaban J connectivity index is 1.82. The molecule has 4 aromatic rings. The molecule has 37 heavy (non-hydrogen) atoms. The molecule has 0 aliphatic heterocycles. The number of methoxy groups -OCH3 is 3. The Morgan fingerprint density at radius 1 is 0.865 bits per heavy atom. The summed E-state index contributed by atoms with van der Waals surface area (Å²) >= 11 is 0. The van der Waals surface area contributed by atoms with Gasteiger partial charge in [-0.25, -0.2) is 9.36 Å². The van der Waals surface area contributed by atoms with E-state index in [1.54, 1.807) is 24.3 Å². The first-order valence-corrected chi connectivity index (χ1v) is 11.9.